The van der Waals surface area contributed by atoms with Crippen LogP contribution in [0.5, 0.6) is 0 Å². The average molecular weight is 326 g/mol. The summed E-state index contributed by atoms with van der Waals surface area (Å²) in [5.41, 5.74) is 6.99. The Morgan fingerprint density at radius 2 is 2.16 bits per heavy atom. The Morgan fingerprint density at radius 1 is 1.32 bits per heavy atom. The molecule has 0 radical (unpaired) electrons. The van der Waals surface area contributed by atoms with Crippen LogP contribution >= 0.6 is 15.9 Å². The maximum atomic E-state index is 13.8. The molecule has 0 aromatic heterocycles. The first kappa shape index (κ1) is 13.6. The Morgan fingerprint density at radius 3 is 2.79 bits per heavy atom. The van der Waals surface area contributed by atoms with Crippen molar-refractivity contribution in [2.45, 2.75) is 44.6 Å². The van der Waals surface area contributed by atoms with Crippen LogP contribution in [0.2, 0.25) is 0 Å². The van der Waals surface area contributed by atoms with Crippen molar-refractivity contribution in [3.8, 4) is 0 Å². The molecule has 2 bridgehead atoms. The van der Waals surface area contributed by atoms with E-state index >= 15 is 0 Å². The van der Waals surface area contributed by atoms with Crippen LogP contribution in [0.4, 0.5) is 4.39 Å². The molecule has 0 amide bonds. The third kappa shape index (κ3) is 3.03. The van der Waals surface area contributed by atoms with Crippen LogP contribution in [0.3, 0.4) is 0 Å². The van der Waals surface area contributed by atoms with Crippen molar-refractivity contribution in [3.05, 3.63) is 34.1 Å². The Labute approximate surface area is 122 Å². The minimum atomic E-state index is -0.141. The van der Waals surface area contributed by atoms with Crippen LogP contribution in [0.1, 0.15) is 37.7 Å². The zero-order chi connectivity index (χ0) is 13.4. The molecule has 2 N–H and O–H groups in total. The zero-order valence-corrected chi connectivity index (χ0v) is 12.7. The summed E-state index contributed by atoms with van der Waals surface area (Å²) in [6.07, 6.45) is 7.33. The van der Waals surface area contributed by atoms with E-state index in [4.69, 9.17) is 5.73 Å². The second-order valence-electron chi connectivity index (χ2n) is 6.37. The van der Waals surface area contributed by atoms with Gasteiger partial charge in [-0.15, -0.1) is 0 Å². The Hall–Kier alpha value is -0.410. The lowest BCUT2D eigenvalue weighted by molar-refractivity contribution is 0.293. The topological polar surface area (TPSA) is 26.0 Å². The van der Waals surface area contributed by atoms with Crippen molar-refractivity contribution in [1.82, 2.24) is 0 Å². The van der Waals surface area contributed by atoms with E-state index in [0.29, 0.717) is 6.42 Å². The Kier molecular flexibility index (Phi) is 3.95. The average Bonchev–Trinajstić information content (AvgIpc) is 2.95. The lowest BCUT2D eigenvalue weighted by Gasteiger charge is -2.24. The lowest BCUT2D eigenvalue weighted by Crippen LogP contribution is -2.28. The molecule has 0 spiro atoms. The monoisotopic (exact) mass is 325 g/mol. The third-order valence-electron chi connectivity index (χ3n) is 4.99. The van der Waals surface area contributed by atoms with Gasteiger partial charge < -0.3 is 5.73 Å². The van der Waals surface area contributed by atoms with Crippen LogP contribution in [-0.2, 0) is 6.42 Å². The highest BCUT2D eigenvalue weighted by Gasteiger charge is 2.39. The molecule has 2 saturated carbocycles. The maximum absolute atomic E-state index is 13.8. The van der Waals surface area contributed by atoms with Gasteiger partial charge in [-0.05, 0) is 67.6 Å². The molecule has 4 unspecified atom stereocenters. The van der Waals surface area contributed by atoms with Gasteiger partial charge in [0, 0.05) is 10.5 Å². The van der Waals surface area contributed by atoms with Crippen molar-refractivity contribution in [2.75, 3.05) is 0 Å². The van der Waals surface area contributed by atoms with Gasteiger partial charge in [0.1, 0.15) is 5.82 Å². The summed E-state index contributed by atoms with van der Waals surface area (Å²) >= 11 is 3.28. The minimum Gasteiger partial charge on any atom is -0.327 e. The van der Waals surface area contributed by atoms with Gasteiger partial charge in [-0.3, -0.25) is 0 Å². The highest BCUT2D eigenvalue weighted by molar-refractivity contribution is 9.10. The molecule has 2 fully saturated rings. The number of fused-ring (bicyclic) bond motifs is 2. The van der Waals surface area contributed by atoms with E-state index in [1.807, 2.05) is 12.1 Å². The van der Waals surface area contributed by atoms with Gasteiger partial charge in [0.15, 0.2) is 0 Å². The molecule has 104 valence electrons. The molecule has 0 heterocycles. The SMILES string of the molecule is NC(Cc1ccc(Br)cc1F)CC1CC2CCC1C2. The first-order valence-corrected chi connectivity index (χ1v) is 8.10. The second-order valence-corrected chi connectivity index (χ2v) is 7.29. The van der Waals surface area contributed by atoms with Crippen molar-refractivity contribution in [2.24, 2.45) is 23.5 Å². The molecular weight excluding hydrogens is 305 g/mol. The maximum Gasteiger partial charge on any atom is 0.127 e. The molecule has 1 aromatic carbocycles. The van der Waals surface area contributed by atoms with Gasteiger partial charge in [-0.2, -0.15) is 0 Å². The Balaban J connectivity index is 1.57. The summed E-state index contributed by atoms with van der Waals surface area (Å²) in [5, 5.41) is 0. The van der Waals surface area contributed by atoms with Crippen molar-refractivity contribution < 1.29 is 4.39 Å². The Bertz CT molecular complexity index is 462. The number of hydrogen-bond acceptors (Lipinski definition) is 1. The summed E-state index contributed by atoms with van der Waals surface area (Å²) in [5.74, 6) is 2.53. The quantitative estimate of drug-likeness (QED) is 0.878. The molecule has 19 heavy (non-hydrogen) atoms. The van der Waals surface area contributed by atoms with E-state index in [9.17, 15) is 4.39 Å². The summed E-state index contributed by atoms with van der Waals surface area (Å²) in [7, 11) is 0. The smallest absolute Gasteiger partial charge is 0.127 e. The molecule has 0 aliphatic heterocycles. The van der Waals surface area contributed by atoms with Gasteiger partial charge in [0.2, 0.25) is 0 Å². The molecule has 2 aliphatic rings. The molecule has 3 heteroatoms. The highest BCUT2D eigenvalue weighted by Crippen LogP contribution is 2.49. The van der Waals surface area contributed by atoms with Crippen LogP contribution < -0.4 is 5.73 Å². The van der Waals surface area contributed by atoms with E-state index in [1.165, 1.54) is 31.7 Å². The summed E-state index contributed by atoms with van der Waals surface area (Å²) in [4.78, 5) is 0. The minimum absolute atomic E-state index is 0.0972. The first-order chi connectivity index (χ1) is 9.11. The predicted octanol–water partition coefficient (Wildman–Crippen LogP) is 4.28. The summed E-state index contributed by atoms with van der Waals surface area (Å²) in [6, 6.07) is 5.36. The molecule has 4 atom stereocenters. The zero-order valence-electron chi connectivity index (χ0n) is 11.1. The molecule has 2 aliphatic carbocycles. The number of hydrogen-bond donors (Lipinski definition) is 1. The third-order valence-corrected chi connectivity index (χ3v) is 5.48. The second kappa shape index (κ2) is 5.53. The fraction of sp³-hybridized carbons (Fsp3) is 0.625. The van der Waals surface area contributed by atoms with E-state index < -0.39 is 0 Å². The molecule has 3 rings (SSSR count). The summed E-state index contributed by atoms with van der Waals surface area (Å²) in [6.45, 7) is 0. The predicted molar refractivity (Wildman–Crippen MR) is 79.3 cm³/mol. The first-order valence-electron chi connectivity index (χ1n) is 7.31. The van der Waals surface area contributed by atoms with E-state index in [1.54, 1.807) is 0 Å². The van der Waals surface area contributed by atoms with Crippen molar-refractivity contribution in [1.29, 1.82) is 0 Å². The van der Waals surface area contributed by atoms with E-state index in [0.717, 1.165) is 34.2 Å². The van der Waals surface area contributed by atoms with Crippen LogP contribution in [0, 0.1) is 23.6 Å². The largest absolute Gasteiger partial charge is 0.327 e. The number of benzene rings is 1. The van der Waals surface area contributed by atoms with Gasteiger partial charge in [-0.25, -0.2) is 4.39 Å². The van der Waals surface area contributed by atoms with Crippen molar-refractivity contribution >= 4 is 15.9 Å². The standard InChI is InChI=1S/C16H21BrFN/c17-14-4-3-12(16(18)9-14)7-15(19)8-13-6-10-1-2-11(13)5-10/h3-4,9-11,13,15H,1-2,5-8,19H2. The van der Waals surface area contributed by atoms with E-state index in [-0.39, 0.29) is 11.9 Å². The van der Waals surface area contributed by atoms with Gasteiger partial charge in [0.05, 0.1) is 0 Å². The van der Waals surface area contributed by atoms with Crippen LogP contribution in [0.25, 0.3) is 0 Å². The van der Waals surface area contributed by atoms with E-state index in [2.05, 4.69) is 15.9 Å². The lowest BCUT2D eigenvalue weighted by atomic mass is 9.83. The number of nitrogens with two attached hydrogens (primary N) is 1. The molecule has 1 nitrogen and oxygen atoms in total. The fourth-order valence-electron chi connectivity index (χ4n) is 4.11. The van der Waals surface area contributed by atoms with Gasteiger partial charge >= 0.3 is 0 Å². The normalized spacial score (nSPS) is 30.8. The molecular formula is C16H21BrFN. The number of rotatable bonds is 4. The molecule has 0 saturated heterocycles. The molecule has 1 aromatic rings. The van der Waals surface area contributed by atoms with Crippen LogP contribution in [-0.4, -0.2) is 6.04 Å². The van der Waals surface area contributed by atoms with Gasteiger partial charge in [0.25, 0.3) is 0 Å². The van der Waals surface area contributed by atoms with Crippen molar-refractivity contribution in [3.63, 3.8) is 0 Å². The highest BCUT2D eigenvalue weighted by atomic mass is 79.9. The van der Waals surface area contributed by atoms with Crippen LogP contribution in [0.15, 0.2) is 22.7 Å². The number of halogens is 2. The van der Waals surface area contributed by atoms with Gasteiger partial charge in [-0.1, -0.05) is 28.4 Å². The summed E-state index contributed by atoms with van der Waals surface area (Å²) < 4.78 is 14.6. The fourth-order valence-corrected chi connectivity index (χ4v) is 4.44.